The number of carbonyl (C=O) groups excluding carboxylic acids is 1. The summed E-state index contributed by atoms with van der Waals surface area (Å²) in [5.41, 5.74) is 1.14. The van der Waals surface area contributed by atoms with Gasteiger partial charge in [0.1, 0.15) is 5.82 Å². The summed E-state index contributed by atoms with van der Waals surface area (Å²) < 4.78 is 10.1. The molecule has 0 aliphatic rings. The lowest BCUT2D eigenvalue weighted by Crippen LogP contribution is -2.15. The van der Waals surface area contributed by atoms with Crippen molar-refractivity contribution in [2.45, 2.75) is 29.4 Å². The Morgan fingerprint density at radius 2 is 2.14 bits per heavy atom. The molecule has 0 spiro atoms. The van der Waals surface area contributed by atoms with E-state index >= 15 is 0 Å². The highest BCUT2D eigenvalue weighted by atomic mass is 32.2. The van der Waals surface area contributed by atoms with Gasteiger partial charge in [0.2, 0.25) is 11.0 Å². The van der Waals surface area contributed by atoms with Gasteiger partial charge in [-0.25, -0.2) is 0 Å². The van der Waals surface area contributed by atoms with Crippen LogP contribution in [0.15, 0.2) is 27.8 Å². The first-order valence-corrected chi connectivity index (χ1v) is 11.8. The van der Waals surface area contributed by atoms with Crippen LogP contribution in [0.25, 0.3) is 0 Å². The second-order valence-electron chi connectivity index (χ2n) is 5.97. The van der Waals surface area contributed by atoms with E-state index in [4.69, 9.17) is 4.74 Å². The number of methoxy groups -OCH3 is 1. The van der Waals surface area contributed by atoms with Crippen LogP contribution in [0.1, 0.15) is 18.4 Å². The van der Waals surface area contributed by atoms with E-state index in [1.165, 1.54) is 23.1 Å². The number of hydrogen-bond acceptors (Lipinski definition) is 9. The molecule has 0 aliphatic heterocycles. The minimum absolute atomic E-state index is 0.149. The van der Waals surface area contributed by atoms with E-state index in [1.54, 1.807) is 18.9 Å². The van der Waals surface area contributed by atoms with Gasteiger partial charge < -0.3 is 13.9 Å². The summed E-state index contributed by atoms with van der Waals surface area (Å²) in [7, 11) is 3.66. The third-order valence-corrected chi connectivity index (χ3v) is 6.78. The highest BCUT2D eigenvalue weighted by molar-refractivity contribution is 8.01. The van der Waals surface area contributed by atoms with Crippen molar-refractivity contribution in [3.63, 3.8) is 0 Å². The third kappa shape index (κ3) is 6.04. The molecule has 3 aromatic heterocycles. The van der Waals surface area contributed by atoms with Crippen LogP contribution >= 0.6 is 34.9 Å². The van der Waals surface area contributed by atoms with Crippen LogP contribution in [-0.2, 0) is 29.5 Å². The molecule has 9 nitrogen and oxygen atoms in total. The predicted octanol–water partition coefficient (Wildman–Crippen LogP) is 2.55. The van der Waals surface area contributed by atoms with Crippen molar-refractivity contribution in [3.8, 4) is 0 Å². The largest absolute Gasteiger partial charge is 0.383 e. The molecule has 0 aromatic carbocycles. The molecule has 1 amide bonds. The van der Waals surface area contributed by atoms with Crippen molar-refractivity contribution in [1.82, 2.24) is 29.5 Å². The first-order chi connectivity index (χ1) is 14.1. The fourth-order valence-electron chi connectivity index (χ4n) is 2.53. The number of thioether (sulfide) groups is 2. The van der Waals surface area contributed by atoms with Crippen LogP contribution in [0.4, 0.5) is 5.13 Å². The molecule has 29 heavy (non-hydrogen) atoms. The zero-order chi connectivity index (χ0) is 20.6. The summed E-state index contributed by atoms with van der Waals surface area (Å²) in [5, 5.41) is 20.7. The summed E-state index contributed by atoms with van der Waals surface area (Å²) in [6, 6.07) is 4.06. The monoisotopic (exact) mass is 453 g/mol. The van der Waals surface area contributed by atoms with E-state index in [9.17, 15) is 4.79 Å². The number of nitrogens with one attached hydrogen (secondary N) is 1. The summed E-state index contributed by atoms with van der Waals surface area (Å²) in [5.74, 6) is 1.83. The van der Waals surface area contributed by atoms with E-state index in [0.717, 1.165) is 21.6 Å². The van der Waals surface area contributed by atoms with Crippen molar-refractivity contribution in [1.29, 1.82) is 0 Å². The summed E-state index contributed by atoms with van der Waals surface area (Å²) in [6.45, 7) is 3.22. The number of rotatable bonds is 11. The highest BCUT2D eigenvalue weighted by Crippen LogP contribution is 2.25. The Labute approximate surface area is 181 Å². The number of anilines is 1. The van der Waals surface area contributed by atoms with E-state index in [1.807, 2.05) is 30.8 Å². The van der Waals surface area contributed by atoms with Gasteiger partial charge in [-0.3, -0.25) is 10.1 Å². The van der Waals surface area contributed by atoms with Crippen LogP contribution in [0.2, 0.25) is 0 Å². The Bertz CT molecular complexity index is 937. The molecule has 156 valence electrons. The van der Waals surface area contributed by atoms with Crippen LogP contribution in [0.5, 0.6) is 0 Å². The van der Waals surface area contributed by atoms with Crippen LogP contribution in [0.3, 0.4) is 0 Å². The molecule has 0 unspecified atom stereocenters. The van der Waals surface area contributed by atoms with E-state index in [0.29, 0.717) is 29.9 Å². The molecule has 0 fully saturated rings. The van der Waals surface area contributed by atoms with Gasteiger partial charge in [0, 0.05) is 39.0 Å². The van der Waals surface area contributed by atoms with Gasteiger partial charge in [0.15, 0.2) is 9.50 Å². The van der Waals surface area contributed by atoms with Gasteiger partial charge in [0.25, 0.3) is 0 Å². The zero-order valence-electron chi connectivity index (χ0n) is 16.5. The summed E-state index contributed by atoms with van der Waals surface area (Å²) >= 11 is 4.32. The fraction of sp³-hybridized carbons (Fsp3) is 0.471. The number of carbonyl (C=O) groups is 1. The Morgan fingerprint density at radius 1 is 1.28 bits per heavy atom. The molecule has 0 saturated heterocycles. The average molecular weight is 454 g/mol. The highest BCUT2D eigenvalue weighted by Gasteiger charge is 2.16. The van der Waals surface area contributed by atoms with Gasteiger partial charge in [-0.1, -0.05) is 41.8 Å². The lowest BCUT2D eigenvalue weighted by atomic mass is 10.3. The SMILES string of the molecule is CCSc1nnc(NC(=O)CSc2nnc(Cc3cccn3C)n2CCOC)s1. The third-order valence-electron chi connectivity index (χ3n) is 3.96. The number of ether oxygens (including phenoxy) is 1. The van der Waals surface area contributed by atoms with E-state index in [-0.39, 0.29) is 11.7 Å². The molecular weight excluding hydrogens is 430 g/mol. The zero-order valence-corrected chi connectivity index (χ0v) is 18.9. The lowest BCUT2D eigenvalue weighted by Gasteiger charge is -2.10. The maximum Gasteiger partial charge on any atom is 0.236 e. The molecule has 3 aromatic rings. The lowest BCUT2D eigenvalue weighted by molar-refractivity contribution is -0.113. The Morgan fingerprint density at radius 3 is 2.86 bits per heavy atom. The topological polar surface area (TPSA) is 99.8 Å². The van der Waals surface area contributed by atoms with E-state index in [2.05, 4.69) is 36.3 Å². The molecule has 0 aliphatic carbocycles. The van der Waals surface area contributed by atoms with Crippen molar-refractivity contribution in [3.05, 3.63) is 29.8 Å². The molecule has 0 saturated carbocycles. The number of aryl methyl sites for hydroxylation is 1. The second kappa shape index (κ2) is 10.8. The fourth-order valence-corrected chi connectivity index (χ4v) is 4.98. The molecule has 3 heterocycles. The molecule has 0 atom stereocenters. The molecule has 3 rings (SSSR count). The Kier molecular flexibility index (Phi) is 8.09. The van der Waals surface area contributed by atoms with Crippen molar-refractivity contribution in [2.24, 2.45) is 7.05 Å². The summed E-state index contributed by atoms with van der Waals surface area (Å²) in [6.07, 6.45) is 2.67. The Hall–Kier alpha value is -1.89. The minimum atomic E-state index is -0.149. The van der Waals surface area contributed by atoms with Gasteiger partial charge in [0.05, 0.1) is 12.4 Å². The molecule has 12 heteroatoms. The maximum absolute atomic E-state index is 12.3. The standard InChI is InChI=1S/C17H23N7O2S3/c1-4-27-17-22-20-15(29-17)18-14(25)11-28-16-21-19-13(24(16)8-9-26-3)10-12-6-5-7-23(12)2/h5-7H,4,8-11H2,1-3H3,(H,18,20,25). The summed E-state index contributed by atoms with van der Waals surface area (Å²) in [4.78, 5) is 12.3. The first-order valence-electron chi connectivity index (χ1n) is 9.00. The van der Waals surface area contributed by atoms with Gasteiger partial charge in [-0.2, -0.15) is 0 Å². The Balaban J connectivity index is 1.62. The number of nitrogens with zero attached hydrogens (tertiary/aromatic N) is 6. The first kappa shape index (κ1) is 21.8. The predicted molar refractivity (Wildman–Crippen MR) is 116 cm³/mol. The molecule has 0 radical (unpaired) electrons. The van der Waals surface area contributed by atoms with Gasteiger partial charge in [-0.15, -0.1) is 20.4 Å². The average Bonchev–Trinajstić information content (AvgIpc) is 3.41. The maximum atomic E-state index is 12.3. The smallest absolute Gasteiger partial charge is 0.236 e. The molecule has 0 bridgehead atoms. The van der Waals surface area contributed by atoms with Crippen LogP contribution in [0, 0.1) is 0 Å². The molecular formula is C17H23N7O2S3. The molecule has 1 N–H and O–H groups in total. The number of aromatic nitrogens is 6. The van der Waals surface area contributed by atoms with Gasteiger partial charge >= 0.3 is 0 Å². The van der Waals surface area contributed by atoms with Crippen molar-refractivity contribution >= 4 is 45.9 Å². The number of amides is 1. The van der Waals surface area contributed by atoms with Crippen molar-refractivity contribution < 1.29 is 9.53 Å². The van der Waals surface area contributed by atoms with Crippen LogP contribution in [-0.4, -0.2) is 60.7 Å². The van der Waals surface area contributed by atoms with Gasteiger partial charge in [-0.05, 0) is 17.9 Å². The van der Waals surface area contributed by atoms with Crippen molar-refractivity contribution in [2.75, 3.05) is 30.5 Å². The number of hydrogen-bond donors (Lipinski definition) is 1. The quantitative estimate of drug-likeness (QED) is 0.349. The van der Waals surface area contributed by atoms with Crippen LogP contribution < -0.4 is 5.32 Å². The normalized spacial score (nSPS) is 11.1. The minimum Gasteiger partial charge on any atom is -0.383 e. The second-order valence-corrected chi connectivity index (χ2v) is 9.40. The van der Waals surface area contributed by atoms with E-state index < -0.39 is 0 Å².